The summed E-state index contributed by atoms with van der Waals surface area (Å²) in [5.74, 6) is -0.00530. The number of carbonyl (C=O) groups is 2. The zero-order valence-corrected chi connectivity index (χ0v) is 19.8. The van der Waals surface area contributed by atoms with Crippen LogP contribution in [0.4, 0.5) is 11.4 Å². The number of benzene rings is 2. The van der Waals surface area contributed by atoms with E-state index in [4.69, 9.17) is 0 Å². The van der Waals surface area contributed by atoms with Crippen molar-refractivity contribution in [3.05, 3.63) is 83.0 Å². The molecule has 0 radical (unpaired) electrons. The number of aromatic nitrogens is 1. The number of halogens is 1. The van der Waals surface area contributed by atoms with Gasteiger partial charge >= 0.3 is 0 Å². The average Bonchev–Trinajstić information content (AvgIpc) is 2.84. The van der Waals surface area contributed by atoms with Gasteiger partial charge in [-0.3, -0.25) is 9.59 Å². The molecule has 0 bridgehead atoms. The second kappa shape index (κ2) is 10.7. The Balaban J connectivity index is 1.35. The molecule has 6 nitrogen and oxygen atoms in total. The van der Waals surface area contributed by atoms with E-state index < -0.39 is 0 Å². The molecular weight excluding hydrogens is 488 g/mol. The molecule has 0 spiro atoms. The van der Waals surface area contributed by atoms with Gasteiger partial charge < -0.3 is 15.1 Å². The highest BCUT2D eigenvalue weighted by molar-refractivity contribution is 9.10. The van der Waals surface area contributed by atoms with Crippen LogP contribution in [0.1, 0.15) is 10.4 Å². The maximum Gasteiger partial charge on any atom is 0.256 e. The van der Waals surface area contributed by atoms with E-state index >= 15 is 0 Å². The highest BCUT2D eigenvalue weighted by Gasteiger charge is 2.24. The van der Waals surface area contributed by atoms with E-state index in [1.807, 2.05) is 47.4 Å². The summed E-state index contributed by atoms with van der Waals surface area (Å²) in [6.45, 7) is 2.87. The van der Waals surface area contributed by atoms with Crippen LogP contribution < -0.4 is 10.2 Å². The summed E-state index contributed by atoms with van der Waals surface area (Å²) >= 11 is 4.66. The maximum absolute atomic E-state index is 13.2. The molecule has 0 aliphatic carbocycles. The fourth-order valence-electron chi connectivity index (χ4n) is 3.51. The van der Waals surface area contributed by atoms with Crippen LogP contribution in [0.5, 0.6) is 0 Å². The Bertz CT molecular complexity index is 1070. The number of rotatable bonds is 6. The first kappa shape index (κ1) is 22.4. The van der Waals surface area contributed by atoms with Crippen LogP contribution in [0.15, 0.2) is 82.4 Å². The third kappa shape index (κ3) is 5.69. The predicted molar refractivity (Wildman–Crippen MR) is 132 cm³/mol. The van der Waals surface area contributed by atoms with Crippen LogP contribution in [0.2, 0.25) is 0 Å². The summed E-state index contributed by atoms with van der Waals surface area (Å²) in [6.07, 6.45) is 1.65. The highest BCUT2D eigenvalue weighted by atomic mass is 79.9. The van der Waals surface area contributed by atoms with Gasteiger partial charge in [0.25, 0.3) is 5.91 Å². The van der Waals surface area contributed by atoms with Gasteiger partial charge in [0.1, 0.15) is 5.03 Å². The molecular formula is C24H23BrN4O2S. The minimum absolute atomic E-state index is 0.0402. The zero-order chi connectivity index (χ0) is 22.3. The number of carbonyl (C=O) groups excluding carboxylic acids is 2. The normalized spacial score (nSPS) is 13.7. The Morgan fingerprint density at radius 3 is 2.38 bits per heavy atom. The number of piperazine rings is 1. The Morgan fingerprint density at radius 2 is 1.66 bits per heavy atom. The lowest BCUT2D eigenvalue weighted by Gasteiger charge is -2.36. The van der Waals surface area contributed by atoms with Gasteiger partial charge in [-0.05, 0) is 48.5 Å². The number of nitrogens with zero attached hydrogens (tertiary/aromatic N) is 3. The standard InChI is InChI=1S/C24H23BrN4O2S/c25-18-8-10-19(11-9-18)27-22(30)17-32-23-21(7-4-12-26-23)24(31)29-15-13-28(14-16-29)20-5-2-1-3-6-20/h1-12H,13-17H2,(H,27,30). The smallest absolute Gasteiger partial charge is 0.256 e. The number of amides is 2. The number of pyridine rings is 1. The maximum atomic E-state index is 13.2. The van der Waals surface area contributed by atoms with Gasteiger partial charge in [-0.25, -0.2) is 4.98 Å². The Labute approximate surface area is 200 Å². The predicted octanol–water partition coefficient (Wildman–Crippen LogP) is 4.54. The van der Waals surface area contributed by atoms with Gasteiger partial charge in [-0.1, -0.05) is 45.9 Å². The van der Waals surface area contributed by atoms with Crippen LogP contribution in [-0.4, -0.2) is 53.6 Å². The molecule has 164 valence electrons. The van der Waals surface area contributed by atoms with E-state index in [1.54, 1.807) is 18.3 Å². The first-order valence-electron chi connectivity index (χ1n) is 10.3. The largest absolute Gasteiger partial charge is 0.368 e. The van der Waals surface area contributed by atoms with Gasteiger partial charge in [-0.2, -0.15) is 0 Å². The number of anilines is 2. The van der Waals surface area contributed by atoms with E-state index in [-0.39, 0.29) is 17.6 Å². The minimum atomic E-state index is -0.141. The second-order valence-corrected chi connectivity index (χ2v) is 9.19. The summed E-state index contributed by atoms with van der Waals surface area (Å²) in [4.78, 5) is 34.0. The van der Waals surface area contributed by atoms with Gasteiger partial charge in [0, 0.05) is 48.2 Å². The molecule has 2 aromatic carbocycles. The summed E-state index contributed by atoms with van der Waals surface area (Å²) in [7, 11) is 0. The fraction of sp³-hybridized carbons (Fsp3) is 0.208. The van der Waals surface area contributed by atoms with Crippen LogP contribution in [-0.2, 0) is 4.79 Å². The van der Waals surface area contributed by atoms with Crippen LogP contribution in [0.3, 0.4) is 0 Å². The van der Waals surface area contributed by atoms with Crippen molar-refractivity contribution in [1.29, 1.82) is 0 Å². The summed E-state index contributed by atoms with van der Waals surface area (Å²) in [6, 6.07) is 21.2. The van der Waals surface area contributed by atoms with Crippen molar-refractivity contribution in [3.8, 4) is 0 Å². The van der Waals surface area contributed by atoms with Crippen molar-refractivity contribution in [2.45, 2.75) is 5.03 Å². The van der Waals surface area contributed by atoms with Gasteiger partial charge in [0.05, 0.1) is 11.3 Å². The Morgan fingerprint density at radius 1 is 0.938 bits per heavy atom. The average molecular weight is 511 g/mol. The molecule has 1 fully saturated rings. The lowest BCUT2D eigenvalue weighted by molar-refractivity contribution is -0.113. The van der Waals surface area contributed by atoms with Crippen LogP contribution in [0.25, 0.3) is 0 Å². The first-order chi connectivity index (χ1) is 15.6. The van der Waals surface area contributed by atoms with E-state index in [1.165, 1.54) is 17.4 Å². The third-order valence-corrected chi connectivity index (χ3v) is 6.69. The first-order valence-corrected chi connectivity index (χ1v) is 12.1. The minimum Gasteiger partial charge on any atom is -0.368 e. The fourth-order valence-corrected chi connectivity index (χ4v) is 4.56. The molecule has 2 amide bonds. The van der Waals surface area contributed by atoms with E-state index in [0.29, 0.717) is 23.7 Å². The Kier molecular flexibility index (Phi) is 7.44. The lowest BCUT2D eigenvalue weighted by Crippen LogP contribution is -2.48. The van der Waals surface area contributed by atoms with E-state index in [2.05, 4.69) is 43.3 Å². The van der Waals surface area contributed by atoms with Gasteiger partial charge in [0.15, 0.2) is 0 Å². The van der Waals surface area contributed by atoms with Crippen molar-refractivity contribution in [2.24, 2.45) is 0 Å². The molecule has 1 N–H and O–H groups in total. The summed E-state index contributed by atoms with van der Waals surface area (Å²) in [5.41, 5.74) is 2.45. The van der Waals surface area contributed by atoms with E-state index in [0.717, 1.165) is 23.2 Å². The number of hydrogen-bond acceptors (Lipinski definition) is 5. The van der Waals surface area contributed by atoms with Crippen molar-refractivity contribution < 1.29 is 9.59 Å². The monoisotopic (exact) mass is 510 g/mol. The van der Waals surface area contributed by atoms with E-state index in [9.17, 15) is 9.59 Å². The van der Waals surface area contributed by atoms with Crippen molar-refractivity contribution >= 4 is 50.9 Å². The molecule has 32 heavy (non-hydrogen) atoms. The molecule has 0 atom stereocenters. The lowest BCUT2D eigenvalue weighted by atomic mass is 10.2. The summed E-state index contributed by atoms with van der Waals surface area (Å²) in [5, 5.41) is 3.44. The number of para-hydroxylation sites is 1. The molecule has 8 heteroatoms. The molecule has 2 heterocycles. The molecule has 0 unspecified atom stereocenters. The van der Waals surface area contributed by atoms with Crippen molar-refractivity contribution in [3.63, 3.8) is 0 Å². The zero-order valence-electron chi connectivity index (χ0n) is 17.4. The molecule has 1 aromatic heterocycles. The molecule has 1 aliphatic heterocycles. The topological polar surface area (TPSA) is 65.5 Å². The molecule has 0 saturated carbocycles. The highest BCUT2D eigenvalue weighted by Crippen LogP contribution is 2.23. The number of nitrogens with one attached hydrogen (secondary N) is 1. The van der Waals surface area contributed by atoms with Gasteiger partial charge in [-0.15, -0.1) is 0 Å². The SMILES string of the molecule is O=C(CSc1ncccc1C(=O)N1CCN(c2ccccc2)CC1)Nc1ccc(Br)cc1. The molecule has 4 rings (SSSR count). The second-order valence-electron chi connectivity index (χ2n) is 7.31. The van der Waals surface area contributed by atoms with Crippen LogP contribution >= 0.6 is 27.7 Å². The number of hydrogen-bond donors (Lipinski definition) is 1. The molecule has 1 aliphatic rings. The molecule has 1 saturated heterocycles. The van der Waals surface area contributed by atoms with Crippen molar-refractivity contribution in [1.82, 2.24) is 9.88 Å². The van der Waals surface area contributed by atoms with Crippen molar-refractivity contribution in [2.75, 3.05) is 42.1 Å². The molecule has 3 aromatic rings. The van der Waals surface area contributed by atoms with Gasteiger partial charge in [0.2, 0.25) is 5.91 Å². The summed E-state index contributed by atoms with van der Waals surface area (Å²) < 4.78 is 0.950. The third-order valence-electron chi connectivity index (χ3n) is 5.16. The number of thioether (sulfide) groups is 1. The Hall–Kier alpha value is -2.84. The van der Waals surface area contributed by atoms with Crippen LogP contribution in [0, 0.1) is 0 Å². The quantitative estimate of drug-likeness (QED) is 0.493.